The van der Waals surface area contributed by atoms with Crippen LogP contribution in [0.4, 0.5) is 0 Å². The van der Waals surface area contributed by atoms with E-state index in [9.17, 15) is 0 Å². The molecule has 0 saturated heterocycles. The van der Waals surface area contributed by atoms with Crippen LogP contribution in [0.15, 0.2) is 78.9 Å². The first-order valence-electron chi connectivity index (χ1n) is 11.1. The van der Waals surface area contributed by atoms with Crippen molar-refractivity contribution in [1.82, 2.24) is 4.98 Å². The van der Waals surface area contributed by atoms with Crippen molar-refractivity contribution in [3.05, 3.63) is 112 Å². The predicted octanol–water partition coefficient (Wildman–Crippen LogP) is 8.00. The van der Waals surface area contributed by atoms with E-state index in [0.717, 1.165) is 35.0 Å². The summed E-state index contributed by atoms with van der Waals surface area (Å²) in [5, 5.41) is 1.79. The van der Waals surface area contributed by atoms with Crippen molar-refractivity contribution < 1.29 is 4.74 Å². The predicted molar refractivity (Wildman–Crippen MR) is 134 cm³/mol. The lowest BCUT2D eigenvalue weighted by Gasteiger charge is -2.30. The number of halogens is 1. The molecule has 0 aliphatic carbocycles. The highest BCUT2D eigenvalue weighted by Crippen LogP contribution is 2.39. The van der Waals surface area contributed by atoms with Gasteiger partial charge in [-0.25, -0.2) is 4.98 Å². The number of hydrogen-bond donors (Lipinski definition) is 0. The van der Waals surface area contributed by atoms with Gasteiger partial charge < -0.3 is 4.74 Å². The fraction of sp³-hybridized carbons (Fsp3) is 0.207. The molecule has 0 saturated carbocycles. The summed E-state index contributed by atoms with van der Waals surface area (Å²) in [4.78, 5) is 4.72. The summed E-state index contributed by atoms with van der Waals surface area (Å²) in [6.07, 6.45) is 6.22. The van der Waals surface area contributed by atoms with Crippen molar-refractivity contribution >= 4 is 34.7 Å². The smallest absolute Gasteiger partial charge is 0.0886 e. The molecule has 3 heteroatoms. The standard InChI is InChI=1S/C29H26ClNO/c1-29(2)26-9-4-3-7-21(26)13-17-28(32-29)23-8-5-6-20(18-23)10-15-25-16-12-22-11-14-24(30)19-27(22)31-25/h3-12,14-16,18-19,28H,13,17H2,1-2H3/t28-/m1/s1. The summed E-state index contributed by atoms with van der Waals surface area (Å²) in [6.45, 7) is 4.34. The minimum Gasteiger partial charge on any atom is -0.363 e. The third-order valence-corrected chi connectivity index (χ3v) is 6.42. The van der Waals surface area contributed by atoms with E-state index in [1.807, 2.05) is 30.3 Å². The van der Waals surface area contributed by atoms with Crippen LogP contribution >= 0.6 is 11.6 Å². The van der Waals surface area contributed by atoms with Gasteiger partial charge in [-0.2, -0.15) is 0 Å². The number of fused-ring (bicyclic) bond motifs is 2. The molecule has 1 atom stereocenters. The van der Waals surface area contributed by atoms with E-state index in [1.54, 1.807) is 0 Å². The van der Waals surface area contributed by atoms with Crippen molar-refractivity contribution in [3.63, 3.8) is 0 Å². The normalized spacial score (nSPS) is 17.9. The lowest BCUT2D eigenvalue weighted by atomic mass is 9.92. The van der Waals surface area contributed by atoms with E-state index in [0.29, 0.717) is 5.02 Å². The summed E-state index contributed by atoms with van der Waals surface area (Å²) >= 11 is 6.13. The Morgan fingerprint density at radius 1 is 0.938 bits per heavy atom. The van der Waals surface area contributed by atoms with Crippen molar-refractivity contribution in [3.8, 4) is 0 Å². The average molecular weight is 440 g/mol. The molecule has 1 aliphatic rings. The van der Waals surface area contributed by atoms with Gasteiger partial charge in [-0.05, 0) is 79.3 Å². The minimum absolute atomic E-state index is 0.0617. The molecule has 0 spiro atoms. The summed E-state index contributed by atoms with van der Waals surface area (Å²) in [5.41, 5.74) is 6.53. The van der Waals surface area contributed by atoms with Gasteiger partial charge >= 0.3 is 0 Å². The van der Waals surface area contributed by atoms with E-state index < -0.39 is 0 Å². The molecule has 1 aliphatic heterocycles. The molecule has 2 nitrogen and oxygen atoms in total. The summed E-state index contributed by atoms with van der Waals surface area (Å²) in [7, 11) is 0. The molecule has 0 unspecified atom stereocenters. The van der Waals surface area contributed by atoms with Gasteiger partial charge in [-0.15, -0.1) is 0 Å². The SMILES string of the molecule is CC1(C)O[C@@H](c2cccc(C=Cc3ccc4ccc(Cl)cc4n3)c2)CCc2ccccc21. The molecule has 2 heterocycles. The molecule has 160 valence electrons. The molecule has 4 aromatic rings. The molecule has 5 rings (SSSR count). The van der Waals surface area contributed by atoms with E-state index >= 15 is 0 Å². The molecule has 0 amide bonds. The second-order valence-corrected chi connectivity index (χ2v) is 9.33. The van der Waals surface area contributed by atoms with Crippen molar-refractivity contribution in [2.45, 2.75) is 38.4 Å². The molecular formula is C29H26ClNO. The lowest BCUT2D eigenvalue weighted by molar-refractivity contribution is -0.0766. The Morgan fingerprint density at radius 2 is 1.78 bits per heavy atom. The fourth-order valence-corrected chi connectivity index (χ4v) is 4.73. The second kappa shape index (κ2) is 8.54. The van der Waals surface area contributed by atoms with Crippen molar-refractivity contribution in [2.24, 2.45) is 0 Å². The van der Waals surface area contributed by atoms with Crippen LogP contribution in [0.5, 0.6) is 0 Å². The largest absolute Gasteiger partial charge is 0.363 e. The summed E-state index contributed by atoms with van der Waals surface area (Å²) in [5.74, 6) is 0. The first-order chi connectivity index (χ1) is 15.5. The quantitative estimate of drug-likeness (QED) is 0.322. The maximum Gasteiger partial charge on any atom is 0.0886 e. The number of ether oxygens (including phenoxy) is 1. The molecule has 0 N–H and O–H groups in total. The van der Waals surface area contributed by atoms with Crippen LogP contribution in [-0.2, 0) is 16.8 Å². The van der Waals surface area contributed by atoms with Gasteiger partial charge in [0.25, 0.3) is 0 Å². The Hall–Kier alpha value is -2.94. The van der Waals surface area contributed by atoms with Gasteiger partial charge in [0.05, 0.1) is 22.9 Å². The number of aryl methyl sites for hydroxylation is 1. The molecule has 3 aromatic carbocycles. The molecule has 32 heavy (non-hydrogen) atoms. The number of aromatic nitrogens is 1. The number of benzene rings is 3. The highest BCUT2D eigenvalue weighted by molar-refractivity contribution is 6.31. The zero-order valence-electron chi connectivity index (χ0n) is 18.4. The molecule has 0 bridgehead atoms. The van der Waals surface area contributed by atoms with Gasteiger partial charge in [0.2, 0.25) is 0 Å². The van der Waals surface area contributed by atoms with Crippen molar-refractivity contribution in [2.75, 3.05) is 0 Å². The summed E-state index contributed by atoms with van der Waals surface area (Å²) < 4.78 is 6.64. The number of nitrogens with zero attached hydrogens (tertiary/aromatic N) is 1. The fourth-order valence-electron chi connectivity index (χ4n) is 4.57. The molecular weight excluding hydrogens is 414 g/mol. The van der Waals surface area contributed by atoms with E-state index in [1.165, 1.54) is 16.7 Å². The topological polar surface area (TPSA) is 22.1 Å². The Morgan fingerprint density at radius 3 is 2.69 bits per heavy atom. The monoisotopic (exact) mass is 439 g/mol. The lowest BCUT2D eigenvalue weighted by Crippen LogP contribution is -2.23. The zero-order chi connectivity index (χ0) is 22.1. The Bertz CT molecular complexity index is 1310. The molecule has 1 aromatic heterocycles. The molecule has 0 radical (unpaired) electrons. The summed E-state index contributed by atoms with van der Waals surface area (Å²) in [6, 6.07) is 27.2. The third-order valence-electron chi connectivity index (χ3n) is 6.18. The van der Waals surface area contributed by atoms with Crippen LogP contribution in [0.1, 0.15) is 54.3 Å². The highest BCUT2D eigenvalue weighted by atomic mass is 35.5. The van der Waals surface area contributed by atoms with E-state index in [-0.39, 0.29) is 11.7 Å². The van der Waals surface area contributed by atoms with E-state index in [4.69, 9.17) is 21.3 Å². The second-order valence-electron chi connectivity index (χ2n) is 8.89. The van der Waals surface area contributed by atoms with Gasteiger partial charge in [0.15, 0.2) is 0 Å². The van der Waals surface area contributed by atoms with Gasteiger partial charge in [-0.1, -0.05) is 72.3 Å². The van der Waals surface area contributed by atoms with Crippen LogP contribution in [0.2, 0.25) is 5.02 Å². The third kappa shape index (κ3) is 4.34. The van der Waals surface area contributed by atoms with Gasteiger partial charge in [-0.3, -0.25) is 0 Å². The first-order valence-corrected chi connectivity index (χ1v) is 11.5. The number of pyridine rings is 1. The maximum atomic E-state index is 6.64. The Balaban J connectivity index is 1.39. The van der Waals surface area contributed by atoms with Crippen molar-refractivity contribution in [1.29, 1.82) is 0 Å². The number of hydrogen-bond acceptors (Lipinski definition) is 2. The van der Waals surface area contributed by atoms with E-state index in [2.05, 4.69) is 74.5 Å². The van der Waals surface area contributed by atoms with Crippen LogP contribution in [0.3, 0.4) is 0 Å². The molecule has 0 fully saturated rings. The minimum atomic E-state index is -0.320. The van der Waals surface area contributed by atoms with Crippen LogP contribution in [0, 0.1) is 0 Å². The van der Waals surface area contributed by atoms with Crippen LogP contribution in [-0.4, -0.2) is 4.98 Å². The van der Waals surface area contributed by atoms with Gasteiger partial charge in [0.1, 0.15) is 0 Å². The first kappa shape index (κ1) is 20.9. The van der Waals surface area contributed by atoms with Crippen LogP contribution in [0.25, 0.3) is 23.1 Å². The van der Waals surface area contributed by atoms with Crippen LogP contribution < -0.4 is 0 Å². The maximum absolute atomic E-state index is 6.64. The Kier molecular flexibility index (Phi) is 5.58. The highest BCUT2D eigenvalue weighted by Gasteiger charge is 2.31. The number of rotatable bonds is 3. The Labute approximate surface area is 194 Å². The average Bonchev–Trinajstić information content (AvgIpc) is 2.93. The zero-order valence-corrected chi connectivity index (χ0v) is 19.1. The van der Waals surface area contributed by atoms with Gasteiger partial charge in [0, 0.05) is 10.4 Å².